The van der Waals surface area contributed by atoms with E-state index in [2.05, 4.69) is 5.32 Å². The average molecular weight is 386 g/mol. The van der Waals surface area contributed by atoms with Gasteiger partial charge in [0.2, 0.25) is 5.76 Å². The first-order valence-corrected chi connectivity index (χ1v) is 9.81. The summed E-state index contributed by atoms with van der Waals surface area (Å²) in [4.78, 5) is 24.0. The van der Waals surface area contributed by atoms with Gasteiger partial charge in [-0.15, -0.1) is 0 Å². The van der Waals surface area contributed by atoms with E-state index in [1.54, 1.807) is 25.1 Å². The van der Waals surface area contributed by atoms with Gasteiger partial charge in [-0.1, -0.05) is 11.6 Å². The minimum atomic E-state index is -3.09. The zero-order chi connectivity index (χ0) is 18.2. The number of ether oxygens (including phenoxy) is 1. The van der Waals surface area contributed by atoms with Crippen molar-refractivity contribution in [2.75, 3.05) is 18.1 Å². The van der Waals surface area contributed by atoms with Crippen LogP contribution in [0.5, 0.6) is 0 Å². The largest absolute Gasteiger partial charge is 0.450 e. The van der Waals surface area contributed by atoms with Crippen LogP contribution in [0.15, 0.2) is 22.6 Å². The molecule has 1 N–H and O–H groups in total. The SMILES string of the molecule is Cc1c(C(=O)OCC(=O)N[C@@H]2CCS(=O)(=O)C2)oc2ccc(Cl)cc12. The lowest BCUT2D eigenvalue weighted by molar-refractivity contribution is -0.124. The van der Waals surface area contributed by atoms with E-state index in [0.29, 0.717) is 28.0 Å². The van der Waals surface area contributed by atoms with Crippen molar-refractivity contribution in [2.24, 2.45) is 0 Å². The molecule has 1 aromatic carbocycles. The minimum absolute atomic E-state index is 0.00788. The summed E-state index contributed by atoms with van der Waals surface area (Å²) < 4.78 is 33.2. The molecule has 0 unspecified atom stereocenters. The molecule has 1 saturated heterocycles. The van der Waals surface area contributed by atoms with E-state index < -0.39 is 34.4 Å². The highest BCUT2D eigenvalue weighted by molar-refractivity contribution is 7.91. The maximum absolute atomic E-state index is 12.1. The van der Waals surface area contributed by atoms with Crippen LogP contribution in [0.1, 0.15) is 22.5 Å². The van der Waals surface area contributed by atoms with Crippen LogP contribution in [-0.2, 0) is 19.4 Å². The Kier molecular flexibility index (Phi) is 4.75. The third-order valence-corrected chi connectivity index (χ3v) is 6.02. The molecular weight excluding hydrogens is 370 g/mol. The van der Waals surface area contributed by atoms with Crippen LogP contribution in [0.25, 0.3) is 11.0 Å². The number of amides is 1. The summed E-state index contributed by atoms with van der Waals surface area (Å²) in [5.74, 6) is -1.34. The summed E-state index contributed by atoms with van der Waals surface area (Å²) >= 11 is 5.93. The fourth-order valence-electron chi connectivity index (χ4n) is 2.76. The van der Waals surface area contributed by atoms with Gasteiger partial charge in [0.1, 0.15) is 5.58 Å². The number of carbonyl (C=O) groups excluding carboxylic acids is 2. The molecule has 2 heterocycles. The molecule has 25 heavy (non-hydrogen) atoms. The first-order valence-electron chi connectivity index (χ1n) is 7.61. The molecule has 1 aliphatic heterocycles. The number of aryl methyl sites for hydroxylation is 1. The number of rotatable bonds is 4. The average Bonchev–Trinajstić information content (AvgIpc) is 3.05. The molecule has 1 atom stereocenters. The van der Waals surface area contributed by atoms with Crippen molar-refractivity contribution in [3.05, 3.63) is 34.5 Å². The van der Waals surface area contributed by atoms with Gasteiger partial charge in [0.25, 0.3) is 5.91 Å². The molecule has 3 rings (SSSR count). The third-order valence-electron chi connectivity index (χ3n) is 4.02. The number of carbonyl (C=O) groups is 2. The van der Waals surface area contributed by atoms with Gasteiger partial charge in [-0.2, -0.15) is 0 Å². The molecule has 1 aromatic heterocycles. The quantitative estimate of drug-likeness (QED) is 0.806. The summed E-state index contributed by atoms with van der Waals surface area (Å²) in [5.41, 5.74) is 1.07. The Morgan fingerprint density at radius 2 is 2.16 bits per heavy atom. The Labute approximate surface area is 149 Å². The van der Waals surface area contributed by atoms with Gasteiger partial charge in [0.05, 0.1) is 11.5 Å². The van der Waals surface area contributed by atoms with Gasteiger partial charge in [-0.05, 0) is 31.5 Å². The van der Waals surface area contributed by atoms with Crippen LogP contribution in [0.2, 0.25) is 5.02 Å². The highest BCUT2D eigenvalue weighted by Gasteiger charge is 2.29. The van der Waals surface area contributed by atoms with Gasteiger partial charge in [-0.25, -0.2) is 13.2 Å². The number of esters is 1. The highest BCUT2D eigenvalue weighted by Crippen LogP contribution is 2.28. The Bertz CT molecular complexity index is 949. The maximum atomic E-state index is 12.1. The number of hydrogen-bond donors (Lipinski definition) is 1. The van der Waals surface area contributed by atoms with E-state index >= 15 is 0 Å². The Morgan fingerprint density at radius 3 is 2.84 bits per heavy atom. The molecule has 0 bridgehead atoms. The van der Waals surface area contributed by atoms with Crippen molar-refractivity contribution < 1.29 is 27.2 Å². The van der Waals surface area contributed by atoms with Crippen molar-refractivity contribution in [2.45, 2.75) is 19.4 Å². The van der Waals surface area contributed by atoms with Crippen LogP contribution in [0, 0.1) is 6.92 Å². The van der Waals surface area contributed by atoms with Crippen LogP contribution in [0.3, 0.4) is 0 Å². The molecule has 1 aliphatic rings. The zero-order valence-corrected chi connectivity index (χ0v) is 14.9. The fraction of sp³-hybridized carbons (Fsp3) is 0.375. The van der Waals surface area contributed by atoms with E-state index in [9.17, 15) is 18.0 Å². The monoisotopic (exact) mass is 385 g/mol. The van der Waals surface area contributed by atoms with Crippen molar-refractivity contribution in [3.8, 4) is 0 Å². The highest BCUT2D eigenvalue weighted by atomic mass is 35.5. The summed E-state index contributed by atoms with van der Waals surface area (Å²) in [5, 5.41) is 3.76. The Morgan fingerprint density at radius 1 is 1.40 bits per heavy atom. The predicted octanol–water partition coefficient (Wildman–Crippen LogP) is 1.85. The first kappa shape index (κ1) is 17.8. The molecule has 1 amide bonds. The second-order valence-corrected chi connectivity index (χ2v) is 8.61. The molecule has 9 heteroatoms. The van der Waals surface area contributed by atoms with Crippen molar-refractivity contribution >= 4 is 44.3 Å². The summed E-state index contributed by atoms with van der Waals surface area (Å²) in [7, 11) is -3.09. The van der Waals surface area contributed by atoms with Crippen LogP contribution in [-0.4, -0.2) is 44.4 Å². The van der Waals surface area contributed by atoms with Crippen LogP contribution in [0.4, 0.5) is 0 Å². The van der Waals surface area contributed by atoms with Crippen molar-refractivity contribution in [1.29, 1.82) is 0 Å². The Hall–Kier alpha value is -2.06. The van der Waals surface area contributed by atoms with E-state index in [1.807, 2.05) is 0 Å². The van der Waals surface area contributed by atoms with Gasteiger partial charge in [0.15, 0.2) is 16.4 Å². The van der Waals surface area contributed by atoms with Gasteiger partial charge < -0.3 is 14.5 Å². The van der Waals surface area contributed by atoms with Gasteiger partial charge in [-0.3, -0.25) is 4.79 Å². The number of benzene rings is 1. The van der Waals surface area contributed by atoms with Crippen molar-refractivity contribution in [1.82, 2.24) is 5.32 Å². The Balaban J connectivity index is 1.61. The summed E-state index contributed by atoms with van der Waals surface area (Å²) in [6, 6.07) is 4.53. The third kappa shape index (κ3) is 3.96. The predicted molar refractivity (Wildman–Crippen MR) is 91.4 cm³/mol. The lowest BCUT2D eigenvalue weighted by Crippen LogP contribution is -2.38. The lowest BCUT2D eigenvalue weighted by Gasteiger charge is -2.10. The second-order valence-electron chi connectivity index (χ2n) is 5.94. The topological polar surface area (TPSA) is 103 Å². The van der Waals surface area contributed by atoms with Gasteiger partial charge >= 0.3 is 5.97 Å². The number of fused-ring (bicyclic) bond motifs is 1. The second kappa shape index (κ2) is 6.68. The molecule has 0 spiro atoms. The standard InChI is InChI=1S/C16H16ClNO6S/c1-9-12-6-10(17)2-3-13(12)24-15(9)16(20)23-7-14(19)18-11-4-5-25(21,22)8-11/h2-3,6,11H,4-5,7-8H2,1H3,(H,18,19)/t11-/m1/s1. The van der Waals surface area contributed by atoms with Crippen molar-refractivity contribution in [3.63, 3.8) is 0 Å². The minimum Gasteiger partial charge on any atom is -0.450 e. The molecule has 2 aromatic rings. The summed E-state index contributed by atoms with van der Waals surface area (Å²) in [6.45, 7) is 1.19. The van der Waals surface area contributed by atoms with Crippen LogP contribution >= 0.6 is 11.6 Å². The molecule has 7 nitrogen and oxygen atoms in total. The van der Waals surface area contributed by atoms with Crippen LogP contribution < -0.4 is 5.32 Å². The number of halogens is 1. The molecule has 0 radical (unpaired) electrons. The molecule has 134 valence electrons. The molecule has 1 fully saturated rings. The zero-order valence-electron chi connectivity index (χ0n) is 13.4. The number of sulfone groups is 1. The summed E-state index contributed by atoms with van der Waals surface area (Å²) in [6.07, 6.45) is 0.367. The fourth-order valence-corrected chi connectivity index (χ4v) is 4.61. The lowest BCUT2D eigenvalue weighted by atomic mass is 10.1. The van der Waals surface area contributed by atoms with E-state index in [4.69, 9.17) is 20.8 Å². The molecule has 0 saturated carbocycles. The normalized spacial score (nSPS) is 19.0. The van der Waals surface area contributed by atoms with E-state index in [-0.39, 0.29) is 17.3 Å². The maximum Gasteiger partial charge on any atom is 0.375 e. The number of nitrogens with one attached hydrogen (secondary N) is 1. The number of furan rings is 1. The van der Waals surface area contributed by atoms with E-state index in [0.717, 1.165) is 0 Å². The molecule has 0 aliphatic carbocycles. The van der Waals surface area contributed by atoms with Gasteiger partial charge in [0, 0.05) is 22.0 Å². The number of hydrogen-bond acceptors (Lipinski definition) is 6. The smallest absolute Gasteiger partial charge is 0.375 e. The molecular formula is C16H16ClNO6S. The first-order chi connectivity index (χ1) is 11.7. The van der Waals surface area contributed by atoms with E-state index in [1.165, 1.54) is 0 Å².